The molecule has 0 fully saturated rings. The number of nitrogens with one attached hydrogen (secondary N) is 1. The summed E-state index contributed by atoms with van der Waals surface area (Å²) in [6.07, 6.45) is 1.76. The molecule has 0 saturated carbocycles. The van der Waals surface area contributed by atoms with Gasteiger partial charge in [-0.25, -0.2) is 4.98 Å². The lowest BCUT2D eigenvalue weighted by molar-refractivity contribution is -0.114. The molecule has 2 heterocycles. The zero-order chi connectivity index (χ0) is 14.7. The number of thioether (sulfide) groups is 1. The molecule has 21 heavy (non-hydrogen) atoms. The van der Waals surface area contributed by atoms with Crippen LogP contribution in [0.3, 0.4) is 0 Å². The van der Waals surface area contributed by atoms with Crippen LogP contribution in [0.1, 0.15) is 12.6 Å². The van der Waals surface area contributed by atoms with Crippen molar-refractivity contribution in [3.63, 3.8) is 0 Å². The third-order valence-electron chi connectivity index (χ3n) is 2.73. The van der Waals surface area contributed by atoms with Crippen molar-refractivity contribution >= 4 is 44.9 Å². The Morgan fingerprint density at radius 1 is 1.38 bits per heavy atom. The lowest BCUT2D eigenvalue weighted by Crippen LogP contribution is -2.05. The second-order valence-corrected chi connectivity index (χ2v) is 6.17. The Balaban J connectivity index is 1.74. The summed E-state index contributed by atoms with van der Waals surface area (Å²) in [4.78, 5) is 15.3. The van der Waals surface area contributed by atoms with Gasteiger partial charge >= 0.3 is 0 Å². The van der Waals surface area contributed by atoms with Gasteiger partial charge in [-0.1, -0.05) is 36.0 Å². The Bertz CT molecular complexity index is 782. The molecule has 1 N–H and O–H groups in total. The molecule has 0 unspecified atom stereocenters. The molecule has 0 aliphatic rings. The third kappa shape index (κ3) is 3.37. The molecule has 3 aromatic rings. The highest BCUT2D eigenvalue weighted by atomic mass is 32.2. The van der Waals surface area contributed by atoms with Crippen LogP contribution in [0.25, 0.3) is 10.8 Å². The molecule has 106 valence electrons. The Hall–Kier alpha value is -1.99. The van der Waals surface area contributed by atoms with Crippen LogP contribution in [0, 0.1) is 0 Å². The summed E-state index contributed by atoms with van der Waals surface area (Å²) in [7, 11) is 0. The summed E-state index contributed by atoms with van der Waals surface area (Å²) >= 11 is 3.02. The van der Waals surface area contributed by atoms with E-state index in [0.29, 0.717) is 10.9 Å². The Kier molecular flexibility index (Phi) is 4.12. The Morgan fingerprint density at radius 3 is 3.10 bits per heavy atom. The number of hydrogen-bond acceptors (Lipinski definition) is 6. The van der Waals surface area contributed by atoms with Gasteiger partial charge in [-0.15, -0.1) is 16.4 Å². The highest BCUT2D eigenvalue weighted by Gasteiger charge is 2.07. The highest BCUT2D eigenvalue weighted by Crippen LogP contribution is 2.28. The van der Waals surface area contributed by atoms with E-state index in [1.807, 2.05) is 29.6 Å². The number of amides is 1. The number of nitrogens with zero attached hydrogens (tertiary/aromatic N) is 3. The molecule has 0 bridgehead atoms. The number of aromatic nitrogens is 3. The monoisotopic (exact) mass is 316 g/mol. The first-order chi connectivity index (χ1) is 10.2. The second-order valence-electron chi connectivity index (χ2n) is 4.35. The van der Waals surface area contributed by atoms with Crippen molar-refractivity contribution in [3.05, 3.63) is 41.5 Å². The lowest BCUT2D eigenvalue weighted by atomic mass is 10.2. The molecule has 1 amide bonds. The van der Waals surface area contributed by atoms with Crippen LogP contribution in [0.2, 0.25) is 0 Å². The first-order valence-corrected chi connectivity index (χ1v) is 8.14. The van der Waals surface area contributed by atoms with Gasteiger partial charge in [0.15, 0.2) is 5.13 Å². The molecular formula is C14H12N4OS2. The maximum absolute atomic E-state index is 11.0. The Labute approximate surface area is 129 Å². The van der Waals surface area contributed by atoms with E-state index in [4.69, 9.17) is 0 Å². The average Bonchev–Trinajstić information content (AvgIpc) is 2.92. The van der Waals surface area contributed by atoms with Gasteiger partial charge < -0.3 is 5.32 Å². The number of thiazole rings is 1. The average molecular weight is 316 g/mol. The summed E-state index contributed by atoms with van der Waals surface area (Å²) in [6.45, 7) is 1.47. The molecule has 7 heteroatoms. The topological polar surface area (TPSA) is 67.8 Å². The van der Waals surface area contributed by atoms with Crippen molar-refractivity contribution in [2.75, 3.05) is 5.32 Å². The van der Waals surface area contributed by atoms with Gasteiger partial charge in [0.05, 0.1) is 11.9 Å². The van der Waals surface area contributed by atoms with Gasteiger partial charge in [-0.05, 0) is 0 Å². The maximum atomic E-state index is 11.0. The van der Waals surface area contributed by atoms with Crippen LogP contribution in [0.5, 0.6) is 0 Å². The minimum Gasteiger partial charge on any atom is -0.302 e. The predicted molar refractivity (Wildman–Crippen MR) is 85.5 cm³/mol. The largest absolute Gasteiger partial charge is 0.302 e. The summed E-state index contributed by atoms with van der Waals surface area (Å²) in [6, 6.07) is 8.03. The lowest BCUT2D eigenvalue weighted by Gasteiger charge is -2.02. The van der Waals surface area contributed by atoms with E-state index in [0.717, 1.165) is 21.5 Å². The van der Waals surface area contributed by atoms with E-state index in [1.54, 1.807) is 18.0 Å². The molecule has 3 rings (SSSR count). The van der Waals surface area contributed by atoms with Crippen molar-refractivity contribution in [1.29, 1.82) is 0 Å². The number of carbonyl (C=O) groups is 1. The molecule has 0 spiro atoms. The molecule has 0 saturated heterocycles. The van der Waals surface area contributed by atoms with Crippen molar-refractivity contribution < 1.29 is 4.79 Å². The number of fused-ring (bicyclic) bond motifs is 1. The van der Waals surface area contributed by atoms with Gasteiger partial charge in [0.25, 0.3) is 0 Å². The molecule has 5 nitrogen and oxygen atoms in total. The van der Waals surface area contributed by atoms with Crippen LogP contribution in [0.15, 0.2) is 40.9 Å². The van der Waals surface area contributed by atoms with Crippen molar-refractivity contribution in [2.45, 2.75) is 17.7 Å². The quantitative estimate of drug-likeness (QED) is 0.748. The number of anilines is 1. The van der Waals surface area contributed by atoms with Crippen molar-refractivity contribution in [1.82, 2.24) is 15.2 Å². The zero-order valence-electron chi connectivity index (χ0n) is 11.2. The van der Waals surface area contributed by atoms with Crippen LogP contribution >= 0.6 is 23.1 Å². The number of hydrogen-bond donors (Lipinski definition) is 1. The summed E-state index contributed by atoms with van der Waals surface area (Å²) in [5, 5.41) is 16.5. The summed E-state index contributed by atoms with van der Waals surface area (Å²) < 4.78 is 0. The van der Waals surface area contributed by atoms with E-state index >= 15 is 0 Å². The molecule has 0 atom stereocenters. The number of carbonyl (C=O) groups excluding carboxylic acids is 1. The normalized spacial score (nSPS) is 10.7. The zero-order valence-corrected chi connectivity index (χ0v) is 12.9. The van der Waals surface area contributed by atoms with Crippen LogP contribution in [-0.4, -0.2) is 21.1 Å². The van der Waals surface area contributed by atoms with Crippen LogP contribution in [0.4, 0.5) is 5.13 Å². The van der Waals surface area contributed by atoms with Crippen molar-refractivity contribution in [3.8, 4) is 0 Å². The molecule has 0 aliphatic carbocycles. The Morgan fingerprint density at radius 2 is 2.24 bits per heavy atom. The predicted octanol–water partition coefficient (Wildman–Crippen LogP) is 3.34. The smallest absolute Gasteiger partial charge is 0.223 e. The van der Waals surface area contributed by atoms with Gasteiger partial charge in [-0.3, -0.25) is 4.79 Å². The minimum absolute atomic E-state index is 0.108. The first kappa shape index (κ1) is 14.0. The number of benzene rings is 1. The fourth-order valence-electron chi connectivity index (χ4n) is 1.83. The molecule has 1 aromatic carbocycles. The van der Waals surface area contributed by atoms with Gasteiger partial charge in [0.1, 0.15) is 5.03 Å². The van der Waals surface area contributed by atoms with E-state index in [-0.39, 0.29) is 5.91 Å². The molecule has 2 aromatic heterocycles. The van der Waals surface area contributed by atoms with E-state index in [1.165, 1.54) is 18.3 Å². The molecule has 0 radical (unpaired) electrons. The second kappa shape index (κ2) is 6.19. The van der Waals surface area contributed by atoms with Gasteiger partial charge in [-0.2, -0.15) is 5.10 Å². The SMILES string of the molecule is CC(=O)Nc1nc(CSc2nncc3ccccc23)cs1. The van der Waals surface area contributed by atoms with Gasteiger partial charge in [0.2, 0.25) is 5.91 Å². The third-order valence-corrected chi connectivity index (χ3v) is 4.55. The van der Waals surface area contributed by atoms with Crippen LogP contribution in [-0.2, 0) is 10.5 Å². The van der Waals surface area contributed by atoms with E-state index in [2.05, 4.69) is 20.5 Å². The summed E-state index contributed by atoms with van der Waals surface area (Å²) in [5.74, 6) is 0.585. The standard InChI is InChI=1S/C14H12N4OS2/c1-9(19)16-14-17-11(8-21-14)7-20-13-12-5-3-2-4-10(12)6-15-18-13/h2-6,8H,7H2,1H3,(H,16,17,19). The minimum atomic E-state index is -0.108. The van der Waals surface area contributed by atoms with Crippen molar-refractivity contribution in [2.24, 2.45) is 0 Å². The fraction of sp³-hybridized carbons (Fsp3) is 0.143. The number of rotatable bonds is 4. The fourth-order valence-corrected chi connectivity index (χ4v) is 3.57. The van der Waals surface area contributed by atoms with Crippen LogP contribution < -0.4 is 5.32 Å². The van der Waals surface area contributed by atoms with Gasteiger partial charge in [0, 0.05) is 28.8 Å². The van der Waals surface area contributed by atoms with E-state index < -0.39 is 0 Å². The maximum Gasteiger partial charge on any atom is 0.223 e. The summed E-state index contributed by atoms with van der Waals surface area (Å²) in [5.41, 5.74) is 0.920. The van der Waals surface area contributed by atoms with E-state index in [9.17, 15) is 4.79 Å². The molecule has 0 aliphatic heterocycles. The molecular weight excluding hydrogens is 304 g/mol. The first-order valence-electron chi connectivity index (χ1n) is 6.27. The highest BCUT2D eigenvalue weighted by molar-refractivity contribution is 7.98.